The third-order valence-electron chi connectivity index (χ3n) is 6.82. The van der Waals surface area contributed by atoms with Crippen molar-refractivity contribution >= 4 is 17.8 Å². The van der Waals surface area contributed by atoms with Crippen molar-refractivity contribution in [1.29, 1.82) is 0 Å². The Hall–Kier alpha value is -4.39. The molecule has 2 unspecified atom stereocenters. The third kappa shape index (κ3) is 7.42. The lowest BCUT2D eigenvalue weighted by atomic mass is 10.1. The summed E-state index contributed by atoms with van der Waals surface area (Å²) >= 11 is 0. The van der Waals surface area contributed by atoms with Crippen molar-refractivity contribution in [2.24, 2.45) is 0 Å². The van der Waals surface area contributed by atoms with Gasteiger partial charge in [-0.2, -0.15) is 4.98 Å². The summed E-state index contributed by atoms with van der Waals surface area (Å²) in [5, 5.41) is 3.08. The molecule has 13 heteroatoms. The van der Waals surface area contributed by atoms with E-state index in [1.807, 2.05) is 38.1 Å². The number of carbonyl (C=O) groups is 2. The number of aromatic nitrogens is 4. The molecule has 1 aliphatic heterocycles. The zero-order valence-electron chi connectivity index (χ0n) is 24.1. The summed E-state index contributed by atoms with van der Waals surface area (Å²) in [4.78, 5) is 43.2. The summed E-state index contributed by atoms with van der Waals surface area (Å²) in [6, 6.07) is 6.77. The quantitative estimate of drug-likeness (QED) is 0.345. The van der Waals surface area contributed by atoms with Crippen LogP contribution in [-0.4, -0.2) is 96.6 Å². The van der Waals surface area contributed by atoms with Crippen LogP contribution in [0.5, 0.6) is 11.5 Å². The molecule has 0 spiro atoms. The van der Waals surface area contributed by atoms with Gasteiger partial charge < -0.3 is 34.1 Å². The van der Waals surface area contributed by atoms with Gasteiger partial charge in [0.25, 0.3) is 0 Å². The first kappa shape index (κ1) is 29.6. The minimum atomic E-state index is -0.441. The number of hydrogen-bond donors (Lipinski definition) is 1. The predicted molar refractivity (Wildman–Crippen MR) is 151 cm³/mol. The Balaban J connectivity index is 1.53. The van der Waals surface area contributed by atoms with Crippen LogP contribution in [0.15, 0.2) is 43.0 Å². The minimum Gasteiger partial charge on any atom is -0.493 e. The van der Waals surface area contributed by atoms with Crippen molar-refractivity contribution in [3.8, 4) is 17.4 Å². The lowest BCUT2D eigenvalue weighted by Gasteiger charge is -2.41. The molecule has 3 heterocycles. The van der Waals surface area contributed by atoms with Crippen molar-refractivity contribution in [3.63, 3.8) is 0 Å². The Morgan fingerprint density at radius 3 is 2.59 bits per heavy atom. The number of hydrogen-bond acceptors (Lipinski definition) is 10. The summed E-state index contributed by atoms with van der Waals surface area (Å²) < 4.78 is 22.8. The van der Waals surface area contributed by atoms with Gasteiger partial charge in [0, 0.05) is 57.3 Å². The number of amides is 2. The van der Waals surface area contributed by atoms with E-state index in [0.717, 1.165) is 11.3 Å². The minimum absolute atomic E-state index is 0.128. The SMILES string of the molecule is COCCOC(=O)N1CCN(c2cc(C)nc(-n3ccnc3)n2)C(CC(=O)NC(C)c2ccc(OC)c(OC)c2)C1. The predicted octanol–water partition coefficient (Wildman–Crippen LogP) is 2.53. The largest absolute Gasteiger partial charge is 0.493 e. The monoisotopic (exact) mass is 567 g/mol. The molecule has 0 bridgehead atoms. The fourth-order valence-electron chi connectivity index (χ4n) is 4.70. The van der Waals surface area contributed by atoms with E-state index in [1.165, 1.54) is 0 Å². The van der Waals surface area contributed by atoms with Crippen molar-refractivity contribution < 1.29 is 28.5 Å². The van der Waals surface area contributed by atoms with Crippen LogP contribution in [0.1, 0.15) is 30.6 Å². The smallest absolute Gasteiger partial charge is 0.409 e. The van der Waals surface area contributed by atoms with E-state index in [9.17, 15) is 9.59 Å². The summed E-state index contributed by atoms with van der Waals surface area (Å²) in [7, 11) is 4.69. The van der Waals surface area contributed by atoms with Crippen LogP contribution < -0.4 is 19.7 Å². The van der Waals surface area contributed by atoms with E-state index >= 15 is 0 Å². The van der Waals surface area contributed by atoms with Crippen LogP contribution in [-0.2, 0) is 14.3 Å². The van der Waals surface area contributed by atoms with E-state index in [2.05, 4.69) is 20.2 Å². The van der Waals surface area contributed by atoms with E-state index in [0.29, 0.717) is 43.0 Å². The fraction of sp³-hybridized carbons (Fsp3) is 0.464. The highest BCUT2D eigenvalue weighted by Crippen LogP contribution is 2.30. The third-order valence-corrected chi connectivity index (χ3v) is 6.82. The van der Waals surface area contributed by atoms with Gasteiger partial charge in [-0.3, -0.25) is 9.36 Å². The Morgan fingerprint density at radius 2 is 1.88 bits per heavy atom. The van der Waals surface area contributed by atoms with Crippen LogP contribution >= 0.6 is 0 Å². The number of piperazine rings is 1. The number of nitrogens with one attached hydrogen (secondary N) is 1. The average Bonchev–Trinajstić information content (AvgIpc) is 3.52. The lowest BCUT2D eigenvalue weighted by Crippen LogP contribution is -2.56. The average molecular weight is 568 g/mol. The fourth-order valence-corrected chi connectivity index (χ4v) is 4.70. The summed E-state index contributed by atoms with van der Waals surface area (Å²) in [6.07, 6.45) is 4.75. The van der Waals surface area contributed by atoms with Crippen molar-refractivity contribution in [3.05, 3.63) is 54.2 Å². The molecule has 1 fully saturated rings. The van der Waals surface area contributed by atoms with Gasteiger partial charge in [-0.05, 0) is 31.5 Å². The first-order chi connectivity index (χ1) is 19.8. The molecule has 2 atom stereocenters. The second-order valence-electron chi connectivity index (χ2n) is 9.65. The standard InChI is InChI=1S/C28H37N7O6/c1-19-14-25(32-27(30-19)34-9-8-29-18-34)35-11-10-33(28(37)41-13-12-38-3)17-22(35)16-26(36)31-20(2)21-6-7-23(39-4)24(15-21)40-5/h6-9,14-15,18,20,22H,10-13,16-17H2,1-5H3,(H,31,36). The van der Waals surface area contributed by atoms with Crippen molar-refractivity contribution in [2.75, 3.05) is 59.1 Å². The Bertz CT molecular complexity index is 1320. The Morgan fingerprint density at radius 1 is 1.07 bits per heavy atom. The molecule has 1 aliphatic rings. The number of rotatable bonds is 11. The van der Waals surface area contributed by atoms with Gasteiger partial charge in [0.15, 0.2) is 11.5 Å². The molecule has 0 aliphatic carbocycles. The van der Waals surface area contributed by atoms with Crippen molar-refractivity contribution in [2.45, 2.75) is 32.4 Å². The molecule has 13 nitrogen and oxygen atoms in total. The van der Waals surface area contributed by atoms with Gasteiger partial charge in [-0.1, -0.05) is 6.07 Å². The molecule has 1 N–H and O–H groups in total. The number of benzene rings is 1. The highest BCUT2D eigenvalue weighted by atomic mass is 16.6. The van der Waals surface area contributed by atoms with Crippen LogP contribution in [0.4, 0.5) is 10.6 Å². The van der Waals surface area contributed by atoms with E-state index in [-0.39, 0.29) is 37.6 Å². The van der Waals surface area contributed by atoms with Gasteiger partial charge in [-0.25, -0.2) is 14.8 Å². The summed E-state index contributed by atoms with van der Waals surface area (Å²) in [5.41, 5.74) is 1.64. The summed E-state index contributed by atoms with van der Waals surface area (Å²) in [5.74, 6) is 2.17. The molecule has 2 amide bonds. The van der Waals surface area contributed by atoms with Crippen LogP contribution in [0.3, 0.4) is 0 Å². The van der Waals surface area contributed by atoms with Gasteiger partial charge >= 0.3 is 6.09 Å². The first-order valence-corrected chi connectivity index (χ1v) is 13.4. The maximum atomic E-state index is 13.4. The number of anilines is 1. The van der Waals surface area contributed by atoms with Gasteiger partial charge in [-0.15, -0.1) is 0 Å². The Kier molecular flexibility index (Phi) is 9.95. The Labute approximate surface area is 239 Å². The van der Waals surface area contributed by atoms with E-state index in [4.69, 9.17) is 23.9 Å². The molecule has 0 saturated carbocycles. The molecule has 0 radical (unpaired) electrons. The maximum absolute atomic E-state index is 13.4. The number of methoxy groups -OCH3 is 3. The molecular weight excluding hydrogens is 530 g/mol. The molecular formula is C28H37N7O6. The van der Waals surface area contributed by atoms with Crippen LogP contribution in [0.2, 0.25) is 0 Å². The number of nitrogens with zero attached hydrogens (tertiary/aromatic N) is 6. The van der Waals surface area contributed by atoms with E-state index < -0.39 is 6.09 Å². The molecule has 41 heavy (non-hydrogen) atoms. The molecule has 4 rings (SSSR count). The summed E-state index contributed by atoms with van der Waals surface area (Å²) in [6.45, 7) is 5.42. The van der Waals surface area contributed by atoms with Crippen LogP contribution in [0.25, 0.3) is 5.95 Å². The normalized spacial score (nSPS) is 15.8. The highest BCUT2D eigenvalue weighted by molar-refractivity contribution is 5.78. The zero-order chi connectivity index (χ0) is 29.4. The first-order valence-electron chi connectivity index (χ1n) is 13.4. The number of ether oxygens (including phenoxy) is 4. The number of aryl methyl sites for hydroxylation is 1. The van der Waals surface area contributed by atoms with Crippen LogP contribution in [0, 0.1) is 6.92 Å². The molecule has 1 saturated heterocycles. The van der Waals surface area contributed by atoms with Gasteiger partial charge in [0.1, 0.15) is 18.8 Å². The van der Waals surface area contributed by atoms with Crippen molar-refractivity contribution in [1.82, 2.24) is 29.7 Å². The second-order valence-corrected chi connectivity index (χ2v) is 9.65. The highest BCUT2D eigenvalue weighted by Gasteiger charge is 2.33. The molecule has 220 valence electrons. The lowest BCUT2D eigenvalue weighted by molar-refractivity contribution is -0.122. The molecule has 3 aromatic rings. The maximum Gasteiger partial charge on any atom is 0.409 e. The number of imidazole rings is 1. The number of carbonyl (C=O) groups excluding carboxylic acids is 2. The zero-order valence-corrected chi connectivity index (χ0v) is 24.1. The molecule has 1 aromatic carbocycles. The van der Waals surface area contributed by atoms with Gasteiger partial charge in [0.05, 0.1) is 32.9 Å². The van der Waals surface area contributed by atoms with E-state index in [1.54, 1.807) is 49.5 Å². The molecule has 2 aromatic heterocycles. The topological polar surface area (TPSA) is 133 Å². The van der Waals surface area contributed by atoms with Gasteiger partial charge in [0.2, 0.25) is 11.9 Å². The second kappa shape index (κ2) is 13.8.